The summed E-state index contributed by atoms with van der Waals surface area (Å²) in [5, 5.41) is 3.36. The summed E-state index contributed by atoms with van der Waals surface area (Å²) in [5.41, 5.74) is 1.41. The van der Waals surface area contributed by atoms with E-state index in [9.17, 15) is 0 Å². The molecule has 1 N–H and O–H groups in total. The molecule has 0 radical (unpaired) electrons. The maximum Gasteiger partial charge on any atom is 0.0230 e. The van der Waals surface area contributed by atoms with Crippen LogP contribution in [-0.2, 0) is 6.54 Å². The van der Waals surface area contributed by atoms with Crippen molar-refractivity contribution in [1.82, 2.24) is 10.2 Å². The SMILES string of the molecule is CCNCCCCCN(C)Cc1ccccc1. The predicted octanol–water partition coefficient (Wildman–Crippen LogP) is 2.90. The van der Waals surface area contributed by atoms with Crippen molar-refractivity contribution in [3.8, 4) is 0 Å². The van der Waals surface area contributed by atoms with Gasteiger partial charge in [0.2, 0.25) is 0 Å². The molecule has 0 atom stereocenters. The van der Waals surface area contributed by atoms with Crippen LogP contribution in [0.15, 0.2) is 30.3 Å². The van der Waals surface area contributed by atoms with E-state index in [0.717, 1.165) is 13.1 Å². The van der Waals surface area contributed by atoms with Gasteiger partial charge in [-0.2, -0.15) is 0 Å². The molecule has 2 heteroatoms. The average molecular weight is 234 g/mol. The Hall–Kier alpha value is -0.860. The second kappa shape index (κ2) is 9.20. The molecule has 0 spiro atoms. The van der Waals surface area contributed by atoms with Crippen LogP contribution in [0.25, 0.3) is 0 Å². The Balaban J connectivity index is 2.03. The first kappa shape index (κ1) is 14.2. The molecule has 0 saturated carbocycles. The zero-order valence-corrected chi connectivity index (χ0v) is 11.3. The summed E-state index contributed by atoms with van der Waals surface area (Å²) in [6, 6.07) is 10.7. The second-order valence-electron chi connectivity index (χ2n) is 4.64. The zero-order chi connectivity index (χ0) is 12.3. The van der Waals surface area contributed by atoms with Gasteiger partial charge in [0, 0.05) is 6.54 Å². The first-order chi connectivity index (χ1) is 8.33. The van der Waals surface area contributed by atoms with Crippen LogP contribution < -0.4 is 5.32 Å². The summed E-state index contributed by atoms with van der Waals surface area (Å²) in [6.07, 6.45) is 3.92. The molecule has 0 saturated heterocycles. The molecule has 0 aromatic heterocycles. The number of hydrogen-bond acceptors (Lipinski definition) is 2. The highest BCUT2D eigenvalue weighted by Gasteiger charge is 1.99. The van der Waals surface area contributed by atoms with E-state index in [1.165, 1.54) is 37.9 Å². The van der Waals surface area contributed by atoms with Gasteiger partial charge < -0.3 is 10.2 Å². The van der Waals surface area contributed by atoms with Crippen molar-refractivity contribution in [2.75, 3.05) is 26.7 Å². The number of rotatable bonds is 9. The van der Waals surface area contributed by atoms with E-state index in [2.05, 4.69) is 54.5 Å². The molecular weight excluding hydrogens is 208 g/mol. The highest BCUT2D eigenvalue weighted by molar-refractivity contribution is 5.14. The quantitative estimate of drug-likeness (QED) is 0.661. The lowest BCUT2D eigenvalue weighted by Gasteiger charge is -2.16. The van der Waals surface area contributed by atoms with Gasteiger partial charge in [-0.05, 0) is 45.1 Å². The maximum absolute atomic E-state index is 3.36. The third kappa shape index (κ3) is 7.14. The standard InChI is InChI=1S/C15H26N2/c1-3-16-12-8-5-9-13-17(2)14-15-10-6-4-7-11-15/h4,6-7,10-11,16H,3,5,8-9,12-14H2,1-2H3. The minimum Gasteiger partial charge on any atom is -0.317 e. The van der Waals surface area contributed by atoms with E-state index in [-0.39, 0.29) is 0 Å². The number of nitrogens with one attached hydrogen (secondary N) is 1. The topological polar surface area (TPSA) is 15.3 Å². The van der Waals surface area contributed by atoms with E-state index in [1.54, 1.807) is 0 Å². The highest BCUT2D eigenvalue weighted by atomic mass is 15.1. The number of benzene rings is 1. The lowest BCUT2D eigenvalue weighted by atomic mass is 10.2. The fraction of sp³-hybridized carbons (Fsp3) is 0.600. The van der Waals surface area contributed by atoms with E-state index >= 15 is 0 Å². The Morgan fingerprint density at radius 2 is 1.82 bits per heavy atom. The molecule has 0 aliphatic heterocycles. The van der Waals surface area contributed by atoms with Gasteiger partial charge >= 0.3 is 0 Å². The molecule has 0 aliphatic carbocycles. The molecule has 1 aromatic rings. The summed E-state index contributed by atoms with van der Waals surface area (Å²) in [5.74, 6) is 0. The van der Waals surface area contributed by atoms with Crippen LogP contribution in [0.3, 0.4) is 0 Å². The smallest absolute Gasteiger partial charge is 0.0230 e. The lowest BCUT2D eigenvalue weighted by Crippen LogP contribution is -2.19. The van der Waals surface area contributed by atoms with Crippen molar-refractivity contribution in [2.24, 2.45) is 0 Å². The fourth-order valence-electron chi connectivity index (χ4n) is 1.96. The molecule has 0 aliphatic rings. The molecule has 0 bridgehead atoms. The van der Waals surface area contributed by atoms with Crippen molar-refractivity contribution >= 4 is 0 Å². The Morgan fingerprint density at radius 3 is 2.53 bits per heavy atom. The van der Waals surface area contributed by atoms with E-state index in [4.69, 9.17) is 0 Å². The average Bonchev–Trinajstić information content (AvgIpc) is 2.35. The minimum absolute atomic E-state index is 1.06. The van der Waals surface area contributed by atoms with Crippen LogP contribution >= 0.6 is 0 Å². The molecule has 0 fully saturated rings. The molecule has 96 valence electrons. The molecule has 1 aromatic carbocycles. The van der Waals surface area contributed by atoms with Crippen LogP contribution in [-0.4, -0.2) is 31.6 Å². The fourth-order valence-corrected chi connectivity index (χ4v) is 1.96. The van der Waals surface area contributed by atoms with Crippen LogP contribution in [0.5, 0.6) is 0 Å². The Kier molecular flexibility index (Phi) is 7.69. The first-order valence-corrected chi connectivity index (χ1v) is 6.76. The molecule has 1 rings (SSSR count). The molecule has 0 heterocycles. The van der Waals surface area contributed by atoms with Gasteiger partial charge in [-0.3, -0.25) is 0 Å². The van der Waals surface area contributed by atoms with Gasteiger partial charge in [-0.1, -0.05) is 43.7 Å². The second-order valence-corrected chi connectivity index (χ2v) is 4.64. The summed E-state index contributed by atoms with van der Waals surface area (Å²) in [6.45, 7) is 6.68. The van der Waals surface area contributed by atoms with Crippen LogP contribution in [0.1, 0.15) is 31.7 Å². The van der Waals surface area contributed by atoms with Gasteiger partial charge in [-0.25, -0.2) is 0 Å². The third-order valence-electron chi connectivity index (χ3n) is 2.94. The van der Waals surface area contributed by atoms with Gasteiger partial charge in [0.25, 0.3) is 0 Å². The largest absolute Gasteiger partial charge is 0.317 e. The summed E-state index contributed by atoms with van der Waals surface area (Å²) < 4.78 is 0. The minimum atomic E-state index is 1.06. The third-order valence-corrected chi connectivity index (χ3v) is 2.94. The zero-order valence-electron chi connectivity index (χ0n) is 11.3. The van der Waals surface area contributed by atoms with Crippen molar-refractivity contribution in [1.29, 1.82) is 0 Å². The number of hydrogen-bond donors (Lipinski definition) is 1. The van der Waals surface area contributed by atoms with Gasteiger partial charge in [-0.15, -0.1) is 0 Å². The van der Waals surface area contributed by atoms with Crippen LogP contribution in [0.4, 0.5) is 0 Å². The molecule has 17 heavy (non-hydrogen) atoms. The monoisotopic (exact) mass is 234 g/mol. The Morgan fingerprint density at radius 1 is 1.06 bits per heavy atom. The van der Waals surface area contributed by atoms with Crippen molar-refractivity contribution in [2.45, 2.75) is 32.7 Å². The van der Waals surface area contributed by atoms with Gasteiger partial charge in [0.1, 0.15) is 0 Å². The Bertz CT molecular complexity index is 272. The first-order valence-electron chi connectivity index (χ1n) is 6.76. The van der Waals surface area contributed by atoms with Crippen molar-refractivity contribution in [3.05, 3.63) is 35.9 Å². The van der Waals surface area contributed by atoms with E-state index < -0.39 is 0 Å². The summed E-state index contributed by atoms with van der Waals surface area (Å²) in [4.78, 5) is 2.41. The summed E-state index contributed by atoms with van der Waals surface area (Å²) in [7, 11) is 2.21. The molecule has 0 amide bonds. The number of unbranched alkanes of at least 4 members (excludes halogenated alkanes) is 2. The van der Waals surface area contributed by atoms with Gasteiger partial charge in [0.15, 0.2) is 0 Å². The summed E-state index contributed by atoms with van der Waals surface area (Å²) >= 11 is 0. The van der Waals surface area contributed by atoms with E-state index in [0.29, 0.717) is 0 Å². The molecule has 0 unspecified atom stereocenters. The Labute approximate surface area is 106 Å². The molecule has 2 nitrogen and oxygen atoms in total. The highest BCUT2D eigenvalue weighted by Crippen LogP contribution is 2.04. The predicted molar refractivity (Wildman–Crippen MR) is 75.2 cm³/mol. The number of nitrogens with zero attached hydrogens (tertiary/aromatic N) is 1. The van der Waals surface area contributed by atoms with Crippen molar-refractivity contribution < 1.29 is 0 Å². The van der Waals surface area contributed by atoms with E-state index in [1.807, 2.05) is 0 Å². The normalized spacial score (nSPS) is 11.0. The molecular formula is C15H26N2. The van der Waals surface area contributed by atoms with Crippen LogP contribution in [0.2, 0.25) is 0 Å². The maximum atomic E-state index is 3.36. The lowest BCUT2D eigenvalue weighted by molar-refractivity contribution is 0.317. The van der Waals surface area contributed by atoms with Crippen molar-refractivity contribution in [3.63, 3.8) is 0 Å². The van der Waals surface area contributed by atoms with Crippen LogP contribution in [0, 0.1) is 0 Å². The van der Waals surface area contributed by atoms with Gasteiger partial charge in [0.05, 0.1) is 0 Å².